The van der Waals surface area contributed by atoms with Crippen LogP contribution < -0.4 is 24.8 Å². The van der Waals surface area contributed by atoms with Crippen molar-refractivity contribution in [2.45, 2.75) is 13.0 Å². The summed E-state index contributed by atoms with van der Waals surface area (Å²) in [5, 5.41) is 11.0. The predicted octanol–water partition coefficient (Wildman–Crippen LogP) is 4.29. The van der Waals surface area contributed by atoms with Crippen LogP contribution in [-0.2, 0) is 4.79 Å². The number of carbonyl (C=O) groups excluding carboxylic acids is 1. The number of methoxy groups -OCH3 is 3. The average Bonchev–Trinajstić information content (AvgIpc) is 3.36. The fourth-order valence-electron chi connectivity index (χ4n) is 4.34. The van der Waals surface area contributed by atoms with Gasteiger partial charge in [0, 0.05) is 23.7 Å². The maximum Gasteiger partial charge on any atom is 0.255 e. The van der Waals surface area contributed by atoms with Crippen molar-refractivity contribution in [2.24, 2.45) is 0 Å². The molecule has 1 amide bonds. The zero-order chi connectivity index (χ0) is 25.9. The highest BCUT2D eigenvalue weighted by molar-refractivity contribution is 6.06. The van der Waals surface area contributed by atoms with Gasteiger partial charge in [-0.1, -0.05) is 18.2 Å². The summed E-state index contributed by atoms with van der Waals surface area (Å²) in [6.07, 6.45) is 3.37. The molecule has 0 saturated carbocycles. The number of amides is 1. The first-order valence-electron chi connectivity index (χ1n) is 11.5. The molecule has 188 valence electrons. The number of carbonyl (C=O) groups is 1. The van der Waals surface area contributed by atoms with Crippen LogP contribution in [0.25, 0.3) is 11.4 Å². The maximum atomic E-state index is 13.8. The highest BCUT2D eigenvalue weighted by Crippen LogP contribution is 2.40. The molecular weight excluding hydrogens is 472 g/mol. The summed E-state index contributed by atoms with van der Waals surface area (Å²) in [6, 6.07) is 15.9. The molecule has 0 spiro atoms. The van der Waals surface area contributed by atoms with E-state index < -0.39 is 6.04 Å². The lowest BCUT2D eigenvalue weighted by Gasteiger charge is -2.29. The number of fused-ring (bicyclic) bond motifs is 1. The molecule has 5 rings (SSSR count). The molecule has 0 saturated heterocycles. The molecule has 0 aliphatic carbocycles. The molecule has 1 aliphatic heterocycles. The van der Waals surface area contributed by atoms with Gasteiger partial charge in [0.05, 0.1) is 32.6 Å². The van der Waals surface area contributed by atoms with Crippen LogP contribution in [-0.4, -0.2) is 47.0 Å². The molecule has 2 N–H and O–H groups in total. The van der Waals surface area contributed by atoms with E-state index in [0.717, 1.165) is 11.1 Å². The third-order valence-electron chi connectivity index (χ3n) is 6.11. The Labute approximate surface area is 213 Å². The van der Waals surface area contributed by atoms with Gasteiger partial charge in [0.15, 0.2) is 17.3 Å². The topological polar surface area (TPSA) is 112 Å². The van der Waals surface area contributed by atoms with E-state index in [-0.39, 0.29) is 5.91 Å². The van der Waals surface area contributed by atoms with Gasteiger partial charge in [-0.2, -0.15) is 4.98 Å². The summed E-state index contributed by atoms with van der Waals surface area (Å²) in [4.78, 5) is 22.6. The van der Waals surface area contributed by atoms with Crippen LogP contribution in [0.5, 0.6) is 17.2 Å². The Kier molecular flexibility index (Phi) is 6.46. The van der Waals surface area contributed by atoms with Crippen LogP contribution in [0.3, 0.4) is 0 Å². The van der Waals surface area contributed by atoms with Gasteiger partial charge >= 0.3 is 0 Å². The Bertz CT molecular complexity index is 1480. The molecule has 1 atom stereocenters. The number of allylic oxidation sites excluding steroid dienone is 1. The lowest BCUT2D eigenvalue weighted by atomic mass is 9.94. The molecule has 10 nitrogen and oxygen atoms in total. The number of anilines is 2. The maximum absolute atomic E-state index is 13.8. The summed E-state index contributed by atoms with van der Waals surface area (Å²) in [5.74, 6) is 2.39. The van der Waals surface area contributed by atoms with E-state index in [0.29, 0.717) is 46.0 Å². The minimum atomic E-state index is -0.603. The third kappa shape index (κ3) is 4.44. The van der Waals surface area contributed by atoms with Gasteiger partial charge in [-0.3, -0.25) is 9.78 Å². The molecule has 2 aromatic carbocycles. The molecule has 0 fully saturated rings. The number of para-hydroxylation sites is 2. The van der Waals surface area contributed by atoms with Crippen molar-refractivity contribution in [3.63, 3.8) is 0 Å². The largest absolute Gasteiger partial charge is 0.495 e. The van der Waals surface area contributed by atoms with Crippen molar-refractivity contribution in [3.8, 4) is 28.6 Å². The number of aromatic nitrogens is 4. The van der Waals surface area contributed by atoms with Gasteiger partial charge in [0.25, 0.3) is 5.91 Å². The van der Waals surface area contributed by atoms with Crippen LogP contribution in [0.4, 0.5) is 11.6 Å². The van der Waals surface area contributed by atoms with Crippen LogP contribution in [0.1, 0.15) is 18.5 Å². The van der Waals surface area contributed by atoms with Gasteiger partial charge in [-0.25, -0.2) is 4.68 Å². The molecule has 3 heterocycles. The Hall–Kier alpha value is -4.86. The number of hydrogen-bond acceptors (Lipinski definition) is 8. The van der Waals surface area contributed by atoms with E-state index in [4.69, 9.17) is 24.3 Å². The summed E-state index contributed by atoms with van der Waals surface area (Å²) in [5.41, 5.74) is 3.26. The second-order valence-corrected chi connectivity index (χ2v) is 8.27. The minimum absolute atomic E-state index is 0.305. The average molecular weight is 499 g/mol. The second-order valence-electron chi connectivity index (χ2n) is 8.27. The Morgan fingerprint density at radius 1 is 0.946 bits per heavy atom. The minimum Gasteiger partial charge on any atom is -0.495 e. The van der Waals surface area contributed by atoms with Crippen LogP contribution >= 0.6 is 0 Å². The first-order valence-corrected chi connectivity index (χ1v) is 11.5. The number of nitrogens with zero attached hydrogens (tertiary/aromatic N) is 4. The van der Waals surface area contributed by atoms with Crippen LogP contribution in [0, 0.1) is 0 Å². The Balaban J connectivity index is 1.63. The molecule has 2 aromatic heterocycles. The fraction of sp³-hybridized carbons (Fsp3) is 0.185. The van der Waals surface area contributed by atoms with Gasteiger partial charge in [-0.05, 0) is 48.9 Å². The van der Waals surface area contributed by atoms with Gasteiger partial charge in [0.2, 0.25) is 5.95 Å². The number of pyridine rings is 1. The monoisotopic (exact) mass is 498 g/mol. The second kappa shape index (κ2) is 10.0. The first kappa shape index (κ1) is 23.9. The van der Waals surface area contributed by atoms with Crippen molar-refractivity contribution >= 4 is 17.5 Å². The number of ether oxygens (including phenoxy) is 3. The lowest BCUT2D eigenvalue weighted by molar-refractivity contribution is -0.113. The highest BCUT2D eigenvalue weighted by Gasteiger charge is 2.35. The lowest BCUT2D eigenvalue weighted by Crippen LogP contribution is -2.31. The molecule has 37 heavy (non-hydrogen) atoms. The predicted molar refractivity (Wildman–Crippen MR) is 139 cm³/mol. The zero-order valence-corrected chi connectivity index (χ0v) is 20.9. The molecule has 0 bridgehead atoms. The quantitative estimate of drug-likeness (QED) is 0.388. The molecule has 10 heteroatoms. The number of nitrogens with one attached hydrogen (secondary N) is 2. The van der Waals surface area contributed by atoms with Crippen molar-refractivity contribution in [1.82, 2.24) is 19.7 Å². The van der Waals surface area contributed by atoms with E-state index in [9.17, 15) is 4.79 Å². The summed E-state index contributed by atoms with van der Waals surface area (Å²) in [7, 11) is 4.71. The number of rotatable bonds is 7. The molecular formula is C27H26N6O4. The molecule has 4 aromatic rings. The summed E-state index contributed by atoms with van der Waals surface area (Å²) < 4.78 is 18.1. The van der Waals surface area contributed by atoms with Gasteiger partial charge in [0.1, 0.15) is 11.8 Å². The van der Waals surface area contributed by atoms with Crippen molar-refractivity contribution in [3.05, 3.63) is 83.8 Å². The number of hydrogen-bond donors (Lipinski definition) is 2. The van der Waals surface area contributed by atoms with E-state index in [2.05, 4.69) is 15.6 Å². The molecule has 0 radical (unpaired) electrons. The van der Waals surface area contributed by atoms with E-state index in [1.54, 1.807) is 50.5 Å². The van der Waals surface area contributed by atoms with Crippen molar-refractivity contribution < 1.29 is 19.0 Å². The number of benzene rings is 2. The van der Waals surface area contributed by atoms with E-state index in [1.807, 2.05) is 49.4 Å². The van der Waals surface area contributed by atoms with Crippen LogP contribution in [0.15, 0.2) is 78.3 Å². The zero-order valence-electron chi connectivity index (χ0n) is 20.9. The van der Waals surface area contributed by atoms with Crippen LogP contribution in [0.2, 0.25) is 0 Å². The van der Waals surface area contributed by atoms with E-state index >= 15 is 0 Å². The summed E-state index contributed by atoms with van der Waals surface area (Å²) >= 11 is 0. The highest BCUT2D eigenvalue weighted by atomic mass is 16.5. The normalized spacial score (nSPS) is 14.4. The fourth-order valence-corrected chi connectivity index (χ4v) is 4.34. The molecule has 1 aliphatic rings. The van der Waals surface area contributed by atoms with Crippen molar-refractivity contribution in [2.75, 3.05) is 32.0 Å². The summed E-state index contributed by atoms with van der Waals surface area (Å²) in [6.45, 7) is 1.84. The third-order valence-corrected chi connectivity index (χ3v) is 6.11. The Morgan fingerprint density at radius 2 is 1.68 bits per heavy atom. The van der Waals surface area contributed by atoms with E-state index in [1.165, 1.54) is 0 Å². The standard InChI is InChI=1S/C27H26N6O4/c1-16-23(26(34)30-19-7-5-6-8-20(19)35-2)24(18-9-10-21(36-3)22(15-18)37-4)33-27(29-16)31-25(32-33)17-11-13-28-14-12-17/h5-15,24H,1-4H3,(H,30,34)(H,29,31,32). The van der Waals surface area contributed by atoms with Gasteiger partial charge in [-0.15, -0.1) is 5.10 Å². The molecule has 1 unspecified atom stereocenters. The first-order chi connectivity index (χ1) is 18.0. The van der Waals surface area contributed by atoms with Gasteiger partial charge < -0.3 is 24.8 Å². The SMILES string of the molecule is COc1ccccc1NC(=O)C1=C(C)Nc2nc(-c3ccncc3)nn2C1c1ccc(OC)c(OC)c1. The Morgan fingerprint density at radius 3 is 2.41 bits per heavy atom. The van der Waals surface area contributed by atoms with Crippen molar-refractivity contribution in [1.29, 1.82) is 0 Å². The smallest absolute Gasteiger partial charge is 0.255 e.